The first kappa shape index (κ1) is 13.9. The van der Waals surface area contributed by atoms with Crippen LogP contribution in [0.3, 0.4) is 0 Å². The van der Waals surface area contributed by atoms with E-state index < -0.39 is 5.66 Å². The van der Waals surface area contributed by atoms with Crippen LogP contribution in [0.2, 0.25) is 0 Å². The van der Waals surface area contributed by atoms with E-state index in [1.54, 1.807) is 0 Å². The van der Waals surface area contributed by atoms with E-state index in [1.165, 1.54) is 12.8 Å². The maximum Gasteiger partial charge on any atom is 0.0698 e. The van der Waals surface area contributed by atoms with Gasteiger partial charge in [0.1, 0.15) is 0 Å². The molecule has 3 unspecified atom stereocenters. The normalized spacial score (nSPS) is 38.6. The third-order valence-corrected chi connectivity index (χ3v) is 4.94. The van der Waals surface area contributed by atoms with Gasteiger partial charge in [0, 0.05) is 11.5 Å². The molecule has 0 aromatic carbocycles. The molecular formula is C13H29N3. The summed E-state index contributed by atoms with van der Waals surface area (Å²) in [5.74, 6) is 0.424. The summed E-state index contributed by atoms with van der Waals surface area (Å²) in [4.78, 5) is 0. The van der Waals surface area contributed by atoms with Crippen molar-refractivity contribution < 1.29 is 0 Å². The van der Waals surface area contributed by atoms with E-state index in [0.717, 1.165) is 25.7 Å². The first-order valence-corrected chi connectivity index (χ1v) is 6.74. The van der Waals surface area contributed by atoms with Crippen molar-refractivity contribution in [2.45, 2.75) is 71.0 Å². The fourth-order valence-corrected chi connectivity index (χ4v) is 3.52. The number of unbranched alkanes of at least 4 members (excludes halogenated alkanes) is 1. The van der Waals surface area contributed by atoms with E-state index in [9.17, 15) is 0 Å². The van der Waals surface area contributed by atoms with Crippen LogP contribution in [0.5, 0.6) is 0 Å². The Morgan fingerprint density at radius 3 is 2.38 bits per heavy atom. The highest BCUT2D eigenvalue weighted by Crippen LogP contribution is 2.49. The van der Waals surface area contributed by atoms with Crippen molar-refractivity contribution in [3.8, 4) is 0 Å². The first-order chi connectivity index (χ1) is 7.41. The Morgan fingerprint density at radius 2 is 1.88 bits per heavy atom. The van der Waals surface area contributed by atoms with Crippen molar-refractivity contribution >= 4 is 0 Å². The molecule has 0 aliphatic heterocycles. The van der Waals surface area contributed by atoms with E-state index >= 15 is 0 Å². The van der Waals surface area contributed by atoms with Gasteiger partial charge in [0.15, 0.2) is 0 Å². The fourth-order valence-electron chi connectivity index (χ4n) is 3.52. The van der Waals surface area contributed by atoms with Crippen molar-refractivity contribution in [2.75, 3.05) is 0 Å². The van der Waals surface area contributed by atoms with Crippen LogP contribution in [0.1, 0.15) is 59.3 Å². The number of rotatable bonds is 4. The molecule has 3 nitrogen and oxygen atoms in total. The topological polar surface area (TPSA) is 78.1 Å². The summed E-state index contributed by atoms with van der Waals surface area (Å²) < 4.78 is 0. The van der Waals surface area contributed by atoms with Gasteiger partial charge in [-0.25, -0.2) is 0 Å². The molecule has 1 aliphatic rings. The molecule has 3 atom stereocenters. The van der Waals surface area contributed by atoms with Crippen LogP contribution < -0.4 is 17.2 Å². The monoisotopic (exact) mass is 227 g/mol. The minimum Gasteiger partial charge on any atom is -0.327 e. The van der Waals surface area contributed by atoms with Gasteiger partial charge in [-0.05, 0) is 31.6 Å². The van der Waals surface area contributed by atoms with Gasteiger partial charge in [-0.15, -0.1) is 0 Å². The Bertz CT molecular complexity index is 227. The van der Waals surface area contributed by atoms with E-state index in [2.05, 4.69) is 20.8 Å². The maximum atomic E-state index is 6.38. The molecule has 0 spiro atoms. The predicted octanol–water partition coefficient (Wildman–Crippen LogP) is 1.94. The van der Waals surface area contributed by atoms with Gasteiger partial charge in [0.25, 0.3) is 0 Å². The summed E-state index contributed by atoms with van der Waals surface area (Å²) in [6.07, 6.45) is 6.36. The van der Waals surface area contributed by atoms with Crippen LogP contribution in [0.4, 0.5) is 0 Å². The largest absolute Gasteiger partial charge is 0.327 e. The van der Waals surface area contributed by atoms with E-state index in [4.69, 9.17) is 17.2 Å². The number of hydrogen-bond donors (Lipinski definition) is 3. The van der Waals surface area contributed by atoms with E-state index in [1.807, 2.05) is 0 Å². The molecule has 0 heterocycles. The van der Waals surface area contributed by atoms with Crippen molar-refractivity contribution in [3.05, 3.63) is 0 Å². The summed E-state index contributed by atoms with van der Waals surface area (Å²) in [6, 6.07) is 0.261. The fraction of sp³-hybridized carbons (Fsp3) is 1.00. The standard InChI is InChI=1S/C13H29N3/c1-4-6-8-12(5-2)10(3)11(14)7-9-13(12,15)16/h10-11H,4-9,14-16H2,1-3H3. The zero-order chi connectivity index (χ0) is 12.4. The minimum atomic E-state index is -0.536. The van der Waals surface area contributed by atoms with Gasteiger partial charge in [0.2, 0.25) is 0 Å². The van der Waals surface area contributed by atoms with Crippen LogP contribution in [0.25, 0.3) is 0 Å². The van der Waals surface area contributed by atoms with Crippen LogP contribution in [0, 0.1) is 11.3 Å². The van der Waals surface area contributed by atoms with E-state index in [-0.39, 0.29) is 11.5 Å². The Morgan fingerprint density at radius 1 is 1.25 bits per heavy atom. The summed E-state index contributed by atoms with van der Waals surface area (Å²) in [5, 5.41) is 0. The van der Waals surface area contributed by atoms with Gasteiger partial charge in [0.05, 0.1) is 5.66 Å². The summed E-state index contributed by atoms with van der Waals surface area (Å²) in [6.45, 7) is 6.65. The van der Waals surface area contributed by atoms with Crippen LogP contribution in [-0.4, -0.2) is 11.7 Å². The quantitative estimate of drug-likeness (QED) is 0.642. The Balaban J connectivity index is 2.96. The molecule has 0 saturated heterocycles. The van der Waals surface area contributed by atoms with Crippen LogP contribution in [0.15, 0.2) is 0 Å². The summed E-state index contributed by atoms with van der Waals surface area (Å²) in [5.41, 5.74) is 18.5. The lowest BCUT2D eigenvalue weighted by molar-refractivity contribution is -0.0169. The lowest BCUT2D eigenvalue weighted by Gasteiger charge is -2.55. The molecule has 0 radical (unpaired) electrons. The Kier molecular flexibility index (Phi) is 4.38. The van der Waals surface area contributed by atoms with Gasteiger partial charge < -0.3 is 17.2 Å². The van der Waals surface area contributed by atoms with Crippen LogP contribution >= 0.6 is 0 Å². The zero-order valence-electron chi connectivity index (χ0n) is 11.1. The molecule has 1 rings (SSSR count). The summed E-state index contributed by atoms with van der Waals surface area (Å²) >= 11 is 0. The molecule has 96 valence electrons. The highest BCUT2D eigenvalue weighted by atomic mass is 15.0. The van der Waals surface area contributed by atoms with Crippen molar-refractivity contribution in [3.63, 3.8) is 0 Å². The van der Waals surface area contributed by atoms with Gasteiger partial charge >= 0.3 is 0 Å². The second-order valence-electron chi connectivity index (χ2n) is 5.64. The molecule has 1 aliphatic carbocycles. The Labute approximate surface area is 100 Å². The second-order valence-corrected chi connectivity index (χ2v) is 5.64. The van der Waals surface area contributed by atoms with Crippen molar-refractivity contribution in [1.82, 2.24) is 0 Å². The average Bonchev–Trinajstić information content (AvgIpc) is 2.25. The molecule has 0 aromatic rings. The molecular weight excluding hydrogens is 198 g/mol. The van der Waals surface area contributed by atoms with Gasteiger partial charge in [-0.3, -0.25) is 0 Å². The number of nitrogens with two attached hydrogens (primary N) is 3. The molecule has 1 fully saturated rings. The molecule has 16 heavy (non-hydrogen) atoms. The molecule has 0 bridgehead atoms. The first-order valence-electron chi connectivity index (χ1n) is 6.74. The third kappa shape index (κ3) is 2.13. The van der Waals surface area contributed by atoms with E-state index in [0.29, 0.717) is 5.92 Å². The van der Waals surface area contributed by atoms with Crippen molar-refractivity contribution in [1.29, 1.82) is 0 Å². The van der Waals surface area contributed by atoms with Crippen LogP contribution in [-0.2, 0) is 0 Å². The molecule has 0 amide bonds. The predicted molar refractivity (Wildman–Crippen MR) is 69.7 cm³/mol. The molecule has 6 N–H and O–H groups in total. The van der Waals surface area contributed by atoms with Gasteiger partial charge in [-0.2, -0.15) is 0 Å². The number of hydrogen-bond acceptors (Lipinski definition) is 3. The highest BCUT2D eigenvalue weighted by molar-refractivity contribution is 5.06. The SMILES string of the molecule is CCCCC1(CC)C(C)C(N)CCC1(N)N. The minimum absolute atomic E-state index is 0.0284. The lowest BCUT2D eigenvalue weighted by Crippen LogP contribution is -2.69. The zero-order valence-corrected chi connectivity index (χ0v) is 11.1. The average molecular weight is 227 g/mol. The highest BCUT2D eigenvalue weighted by Gasteiger charge is 2.52. The lowest BCUT2D eigenvalue weighted by atomic mass is 9.56. The third-order valence-electron chi connectivity index (χ3n) is 4.94. The summed E-state index contributed by atoms with van der Waals surface area (Å²) in [7, 11) is 0. The molecule has 0 aromatic heterocycles. The molecule has 3 heteroatoms. The molecule has 1 saturated carbocycles. The Hall–Kier alpha value is -0.120. The second kappa shape index (κ2) is 5.03. The maximum absolute atomic E-state index is 6.38. The smallest absolute Gasteiger partial charge is 0.0698 e. The van der Waals surface area contributed by atoms with Crippen molar-refractivity contribution in [2.24, 2.45) is 28.5 Å². The van der Waals surface area contributed by atoms with Gasteiger partial charge in [-0.1, -0.05) is 33.6 Å².